The van der Waals surface area contributed by atoms with E-state index in [9.17, 15) is 4.79 Å². The lowest BCUT2D eigenvalue weighted by Crippen LogP contribution is -2.24. The zero-order chi connectivity index (χ0) is 22.7. The van der Waals surface area contributed by atoms with Crippen molar-refractivity contribution in [3.8, 4) is 11.6 Å². The number of hydrogen-bond donors (Lipinski definition) is 2. The summed E-state index contributed by atoms with van der Waals surface area (Å²) in [4.78, 5) is 26.0. The van der Waals surface area contributed by atoms with Crippen molar-refractivity contribution in [2.24, 2.45) is 0 Å². The number of nitrogens with zero attached hydrogens (tertiary/aromatic N) is 4. The zero-order valence-corrected chi connectivity index (χ0v) is 18.2. The lowest BCUT2D eigenvalue weighted by atomic mass is 9.93. The molecular formula is C22H24N6O4. The second-order valence-corrected chi connectivity index (χ2v) is 8.17. The maximum absolute atomic E-state index is 12.3. The summed E-state index contributed by atoms with van der Waals surface area (Å²) < 4.78 is 12.5. The minimum Gasteiger partial charge on any atom is -0.439 e. The number of fused-ring (bicyclic) bond motifs is 1. The summed E-state index contributed by atoms with van der Waals surface area (Å²) >= 11 is 0. The van der Waals surface area contributed by atoms with Crippen LogP contribution in [-0.4, -0.2) is 33.0 Å². The van der Waals surface area contributed by atoms with Crippen molar-refractivity contribution >= 4 is 22.8 Å². The molecular weight excluding hydrogens is 412 g/mol. The highest BCUT2D eigenvalue weighted by Crippen LogP contribution is 2.26. The Hall–Kier alpha value is -3.92. The number of amides is 1. The highest BCUT2D eigenvalue weighted by atomic mass is 16.7. The molecule has 10 nitrogen and oxygen atoms in total. The maximum atomic E-state index is 12.3. The molecule has 0 unspecified atom stereocenters. The lowest BCUT2D eigenvalue weighted by molar-refractivity contribution is 0.153. The van der Waals surface area contributed by atoms with E-state index in [0.717, 1.165) is 11.1 Å². The highest BCUT2D eigenvalue weighted by Gasteiger charge is 2.21. The van der Waals surface area contributed by atoms with Crippen LogP contribution in [0.5, 0.6) is 11.6 Å². The van der Waals surface area contributed by atoms with Crippen LogP contribution < -0.4 is 20.2 Å². The van der Waals surface area contributed by atoms with Crippen LogP contribution in [0.3, 0.4) is 0 Å². The van der Waals surface area contributed by atoms with Crippen LogP contribution in [0.1, 0.15) is 32.2 Å². The van der Waals surface area contributed by atoms with E-state index in [1.807, 2.05) is 40.0 Å². The van der Waals surface area contributed by atoms with E-state index >= 15 is 0 Å². The van der Waals surface area contributed by atoms with E-state index in [4.69, 9.17) is 14.1 Å². The Bertz CT molecular complexity index is 1240. The average Bonchev–Trinajstić information content (AvgIpc) is 3.36. The molecule has 1 aromatic carbocycles. The third-order valence-electron chi connectivity index (χ3n) is 4.57. The van der Waals surface area contributed by atoms with Crippen LogP contribution in [0.2, 0.25) is 0 Å². The van der Waals surface area contributed by atoms with Crippen molar-refractivity contribution in [3.63, 3.8) is 0 Å². The molecule has 0 atom stereocenters. The summed E-state index contributed by atoms with van der Waals surface area (Å²) in [6.07, 6.45) is 2.42. The Labute approximate surface area is 184 Å². The number of rotatable bonds is 6. The van der Waals surface area contributed by atoms with Gasteiger partial charge in [0.05, 0.1) is 11.2 Å². The van der Waals surface area contributed by atoms with E-state index in [-0.39, 0.29) is 11.2 Å². The van der Waals surface area contributed by atoms with Crippen molar-refractivity contribution in [1.29, 1.82) is 0 Å². The smallest absolute Gasteiger partial charge is 0.437 e. The maximum Gasteiger partial charge on any atom is 0.437 e. The predicted molar refractivity (Wildman–Crippen MR) is 118 cm³/mol. The van der Waals surface area contributed by atoms with Crippen LogP contribution in [0.25, 0.3) is 10.9 Å². The largest absolute Gasteiger partial charge is 0.439 e. The Morgan fingerprint density at radius 1 is 1.16 bits per heavy atom. The third-order valence-corrected chi connectivity index (χ3v) is 4.57. The van der Waals surface area contributed by atoms with Crippen LogP contribution in [0, 0.1) is 0 Å². The van der Waals surface area contributed by atoms with Gasteiger partial charge in [0, 0.05) is 35.7 Å². The Morgan fingerprint density at radius 2 is 2.00 bits per heavy atom. The van der Waals surface area contributed by atoms with E-state index in [1.54, 1.807) is 30.5 Å². The van der Waals surface area contributed by atoms with E-state index in [2.05, 4.69) is 25.8 Å². The molecule has 0 aliphatic heterocycles. The minimum absolute atomic E-state index is 0.215. The molecule has 0 spiro atoms. The summed E-state index contributed by atoms with van der Waals surface area (Å²) in [5, 5.41) is 10.3. The number of carbonyl (C=O) groups is 1. The van der Waals surface area contributed by atoms with Gasteiger partial charge < -0.3 is 19.4 Å². The predicted octanol–water partition coefficient (Wildman–Crippen LogP) is 3.89. The van der Waals surface area contributed by atoms with E-state index in [0.29, 0.717) is 29.5 Å². The molecule has 3 heterocycles. The van der Waals surface area contributed by atoms with Gasteiger partial charge in [0.2, 0.25) is 5.88 Å². The quantitative estimate of drug-likeness (QED) is 0.468. The molecule has 0 bridgehead atoms. The molecule has 166 valence electrons. The topological polar surface area (TPSA) is 116 Å². The number of ether oxygens (including phenoxy) is 1. The monoisotopic (exact) mass is 436 g/mol. The zero-order valence-electron chi connectivity index (χ0n) is 18.2. The SMILES string of the molecule is CNCc1cc(Oc2ccc3c(ccn3OC(=O)Nc3cc(C(C)(C)C)on3)c2)ncn1. The molecule has 32 heavy (non-hydrogen) atoms. The molecule has 2 N–H and O–H groups in total. The summed E-state index contributed by atoms with van der Waals surface area (Å²) in [5.74, 6) is 2.00. The molecule has 0 radical (unpaired) electrons. The van der Waals surface area contributed by atoms with E-state index in [1.165, 1.54) is 11.1 Å². The van der Waals surface area contributed by atoms with Gasteiger partial charge in [-0.25, -0.2) is 14.8 Å². The van der Waals surface area contributed by atoms with Gasteiger partial charge in [-0.15, -0.1) is 0 Å². The number of benzene rings is 1. The fourth-order valence-electron chi connectivity index (χ4n) is 2.97. The fourth-order valence-corrected chi connectivity index (χ4v) is 2.97. The standard InChI is InChI=1S/C22H24N6O4/c1-22(2,3)18-11-19(27-31-18)26-21(29)32-28-8-7-14-9-16(5-6-17(14)28)30-20-10-15(12-23-4)24-13-25-20/h5-11,13,23H,12H2,1-4H3,(H,26,27,29). The van der Waals surface area contributed by atoms with Gasteiger partial charge in [-0.05, 0) is 31.3 Å². The first-order valence-corrected chi connectivity index (χ1v) is 10.0. The number of aromatic nitrogens is 4. The van der Waals surface area contributed by atoms with Crippen molar-refractivity contribution in [2.75, 3.05) is 12.4 Å². The minimum atomic E-state index is -0.686. The van der Waals surface area contributed by atoms with Crippen molar-refractivity contribution in [1.82, 2.24) is 25.2 Å². The van der Waals surface area contributed by atoms with Crippen LogP contribution in [-0.2, 0) is 12.0 Å². The molecule has 1 amide bonds. The molecule has 0 saturated heterocycles. The lowest BCUT2D eigenvalue weighted by Gasteiger charge is -2.12. The highest BCUT2D eigenvalue weighted by molar-refractivity contribution is 5.86. The third kappa shape index (κ3) is 4.86. The van der Waals surface area contributed by atoms with Gasteiger partial charge in [-0.2, -0.15) is 4.73 Å². The normalized spacial score (nSPS) is 11.5. The van der Waals surface area contributed by atoms with Crippen LogP contribution in [0.4, 0.5) is 10.6 Å². The molecule has 10 heteroatoms. The molecule has 4 aromatic rings. The van der Waals surface area contributed by atoms with Crippen LogP contribution >= 0.6 is 0 Å². The van der Waals surface area contributed by atoms with Gasteiger partial charge in [-0.1, -0.05) is 25.9 Å². The first-order valence-electron chi connectivity index (χ1n) is 10.0. The first kappa shape index (κ1) is 21.3. The molecule has 0 fully saturated rings. The summed E-state index contributed by atoms with van der Waals surface area (Å²) in [6, 6.07) is 10.7. The van der Waals surface area contributed by atoms with E-state index < -0.39 is 6.09 Å². The van der Waals surface area contributed by atoms with Gasteiger partial charge in [-0.3, -0.25) is 5.32 Å². The second-order valence-electron chi connectivity index (χ2n) is 8.17. The Kier molecular flexibility index (Phi) is 5.78. The molecule has 3 aromatic heterocycles. The first-order chi connectivity index (χ1) is 15.3. The van der Waals surface area contributed by atoms with Crippen molar-refractivity contribution in [3.05, 3.63) is 60.4 Å². The summed E-state index contributed by atoms with van der Waals surface area (Å²) in [7, 11) is 1.85. The van der Waals surface area contributed by atoms with Gasteiger partial charge >= 0.3 is 6.09 Å². The molecule has 0 aliphatic carbocycles. The Morgan fingerprint density at radius 3 is 2.75 bits per heavy atom. The molecule has 0 saturated carbocycles. The van der Waals surface area contributed by atoms with Gasteiger partial charge in [0.25, 0.3) is 0 Å². The summed E-state index contributed by atoms with van der Waals surface area (Å²) in [5.41, 5.74) is 1.31. The second kappa shape index (κ2) is 8.67. The molecule has 0 aliphatic rings. The van der Waals surface area contributed by atoms with Gasteiger partial charge in [0.15, 0.2) is 5.82 Å². The van der Waals surface area contributed by atoms with Crippen LogP contribution in [0.15, 0.2) is 53.4 Å². The average molecular weight is 436 g/mol. The number of carbonyl (C=O) groups excluding carboxylic acids is 1. The van der Waals surface area contributed by atoms with Crippen molar-refractivity contribution in [2.45, 2.75) is 32.7 Å². The number of nitrogens with one attached hydrogen (secondary N) is 2. The summed E-state index contributed by atoms with van der Waals surface area (Å²) in [6.45, 7) is 6.59. The van der Waals surface area contributed by atoms with Gasteiger partial charge in [0.1, 0.15) is 17.8 Å². The number of hydrogen-bond acceptors (Lipinski definition) is 8. The van der Waals surface area contributed by atoms with Crippen molar-refractivity contribution < 1.29 is 18.9 Å². The number of anilines is 1. The molecule has 4 rings (SSSR count). The Balaban J connectivity index is 1.44. The fraction of sp³-hybridized carbons (Fsp3) is 0.273.